The monoisotopic (exact) mass is 264 g/mol. The highest BCUT2D eigenvalue weighted by molar-refractivity contribution is 5.81. The van der Waals surface area contributed by atoms with Crippen LogP contribution in [0.3, 0.4) is 0 Å². The van der Waals surface area contributed by atoms with Crippen LogP contribution in [0.5, 0.6) is 0 Å². The van der Waals surface area contributed by atoms with Gasteiger partial charge in [0.25, 0.3) is 0 Å². The summed E-state index contributed by atoms with van der Waals surface area (Å²) in [6, 6.07) is 0. The molecule has 2 fully saturated rings. The fourth-order valence-electron chi connectivity index (χ4n) is 4.11. The van der Waals surface area contributed by atoms with Crippen LogP contribution in [0.25, 0.3) is 0 Å². The Morgan fingerprint density at radius 2 is 1.42 bits per heavy atom. The van der Waals surface area contributed by atoms with Gasteiger partial charge in [0.05, 0.1) is 0 Å². The molecule has 2 heteroatoms. The van der Waals surface area contributed by atoms with Crippen LogP contribution in [0, 0.1) is 11.8 Å². The highest BCUT2D eigenvalue weighted by Gasteiger charge is 2.44. The Balaban J connectivity index is 2.14. The molecule has 0 aromatic heterocycles. The van der Waals surface area contributed by atoms with E-state index in [9.17, 15) is 4.79 Å². The molecule has 2 nitrogen and oxygen atoms in total. The molecule has 0 spiro atoms. The van der Waals surface area contributed by atoms with Gasteiger partial charge in [0.1, 0.15) is 5.60 Å². The van der Waals surface area contributed by atoms with Crippen LogP contribution >= 0.6 is 0 Å². The van der Waals surface area contributed by atoms with Crippen LogP contribution in [0.4, 0.5) is 0 Å². The normalized spacial score (nSPS) is 23.0. The molecule has 0 saturated heterocycles. The van der Waals surface area contributed by atoms with Crippen LogP contribution < -0.4 is 0 Å². The molecule has 2 aliphatic carbocycles. The SMILES string of the molecule is C=CC(=O)OC(C)(C1CCCCC1)C1CCCCC1. The van der Waals surface area contributed by atoms with E-state index in [0.717, 1.165) is 0 Å². The summed E-state index contributed by atoms with van der Waals surface area (Å²) in [4.78, 5) is 11.8. The molecule has 0 aliphatic heterocycles. The van der Waals surface area contributed by atoms with Gasteiger partial charge in [-0.1, -0.05) is 45.1 Å². The van der Waals surface area contributed by atoms with Gasteiger partial charge in [-0.05, 0) is 44.4 Å². The number of carbonyl (C=O) groups excluding carboxylic acids is 1. The topological polar surface area (TPSA) is 26.3 Å². The van der Waals surface area contributed by atoms with Crippen molar-refractivity contribution in [2.24, 2.45) is 11.8 Å². The van der Waals surface area contributed by atoms with Crippen molar-refractivity contribution in [3.8, 4) is 0 Å². The van der Waals surface area contributed by atoms with Gasteiger partial charge in [0.2, 0.25) is 0 Å². The van der Waals surface area contributed by atoms with E-state index in [0.29, 0.717) is 11.8 Å². The lowest BCUT2D eigenvalue weighted by atomic mass is 9.67. The minimum Gasteiger partial charge on any atom is -0.456 e. The van der Waals surface area contributed by atoms with Crippen molar-refractivity contribution in [2.45, 2.75) is 76.7 Å². The molecule has 0 bridgehead atoms. The van der Waals surface area contributed by atoms with Crippen molar-refractivity contribution >= 4 is 5.97 Å². The van der Waals surface area contributed by atoms with Gasteiger partial charge in [0.15, 0.2) is 0 Å². The zero-order valence-electron chi connectivity index (χ0n) is 12.3. The van der Waals surface area contributed by atoms with Crippen molar-refractivity contribution in [1.29, 1.82) is 0 Å². The molecule has 2 rings (SSSR count). The van der Waals surface area contributed by atoms with E-state index in [1.165, 1.54) is 70.3 Å². The van der Waals surface area contributed by atoms with Gasteiger partial charge < -0.3 is 4.74 Å². The summed E-state index contributed by atoms with van der Waals surface area (Å²) in [6.45, 7) is 5.76. The number of rotatable bonds is 4. The van der Waals surface area contributed by atoms with E-state index in [1.54, 1.807) is 0 Å². The van der Waals surface area contributed by atoms with Crippen molar-refractivity contribution in [1.82, 2.24) is 0 Å². The second-order valence-corrected chi connectivity index (χ2v) is 6.48. The Labute approximate surface area is 117 Å². The second kappa shape index (κ2) is 6.58. The zero-order chi connectivity index (χ0) is 13.7. The molecule has 0 radical (unpaired) electrons. The third-order valence-corrected chi connectivity index (χ3v) is 5.32. The Bertz CT molecular complexity index is 291. The fourth-order valence-corrected chi connectivity index (χ4v) is 4.11. The predicted molar refractivity (Wildman–Crippen MR) is 77.8 cm³/mol. The molecule has 0 N–H and O–H groups in total. The smallest absolute Gasteiger partial charge is 0.330 e. The fraction of sp³-hybridized carbons (Fsp3) is 0.824. The summed E-state index contributed by atoms with van der Waals surface area (Å²) >= 11 is 0. The van der Waals surface area contributed by atoms with E-state index in [2.05, 4.69) is 13.5 Å². The lowest BCUT2D eigenvalue weighted by Gasteiger charge is -2.46. The molecule has 0 heterocycles. The zero-order valence-corrected chi connectivity index (χ0v) is 12.3. The predicted octanol–water partition coefficient (Wildman–Crippen LogP) is 4.63. The maximum atomic E-state index is 11.8. The third kappa shape index (κ3) is 3.40. The van der Waals surface area contributed by atoms with Crippen LogP contribution in [0.1, 0.15) is 71.1 Å². The Morgan fingerprint density at radius 1 is 1.00 bits per heavy atom. The van der Waals surface area contributed by atoms with Crippen molar-refractivity contribution in [2.75, 3.05) is 0 Å². The summed E-state index contributed by atoms with van der Waals surface area (Å²) in [6.07, 6.45) is 14.0. The first kappa shape index (κ1) is 14.6. The summed E-state index contributed by atoms with van der Waals surface area (Å²) in [7, 11) is 0. The lowest BCUT2D eigenvalue weighted by molar-refractivity contribution is -0.170. The number of carbonyl (C=O) groups is 1. The van der Waals surface area contributed by atoms with E-state index in [1.807, 2.05) is 0 Å². The first-order valence-corrected chi connectivity index (χ1v) is 8.02. The van der Waals surface area contributed by atoms with Crippen LogP contribution in [0.15, 0.2) is 12.7 Å². The van der Waals surface area contributed by atoms with Gasteiger partial charge in [-0.3, -0.25) is 0 Å². The van der Waals surface area contributed by atoms with Gasteiger partial charge >= 0.3 is 5.97 Å². The molecular weight excluding hydrogens is 236 g/mol. The highest BCUT2D eigenvalue weighted by atomic mass is 16.6. The second-order valence-electron chi connectivity index (χ2n) is 6.48. The molecule has 0 unspecified atom stereocenters. The van der Waals surface area contributed by atoms with Crippen molar-refractivity contribution in [3.63, 3.8) is 0 Å². The minimum atomic E-state index is -0.258. The molecule has 0 aromatic carbocycles. The van der Waals surface area contributed by atoms with Gasteiger partial charge in [-0.2, -0.15) is 0 Å². The van der Waals surface area contributed by atoms with E-state index >= 15 is 0 Å². The first-order chi connectivity index (χ1) is 9.16. The average Bonchev–Trinajstić information content (AvgIpc) is 2.48. The standard InChI is InChI=1S/C17H28O2/c1-3-16(18)19-17(2,14-10-6-4-7-11-14)15-12-8-5-9-13-15/h3,14-15H,1,4-13H2,2H3. The minimum absolute atomic E-state index is 0.237. The van der Waals surface area contributed by atoms with Crippen LogP contribution in [-0.2, 0) is 9.53 Å². The molecule has 108 valence electrons. The molecule has 0 amide bonds. The quantitative estimate of drug-likeness (QED) is 0.546. The van der Waals surface area contributed by atoms with E-state index in [-0.39, 0.29) is 11.6 Å². The molecule has 0 aromatic rings. The van der Waals surface area contributed by atoms with Crippen molar-refractivity contribution < 1.29 is 9.53 Å². The molecular formula is C17H28O2. The average molecular weight is 264 g/mol. The summed E-state index contributed by atoms with van der Waals surface area (Å²) < 4.78 is 5.91. The largest absolute Gasteiger partial charge is 0.456 e. The molecule has 0 atom stereocenters. The summed E-state index contributed by atoms with van der Waals surface area (Å²) in [5.74, 6) is 0.861. The van der Waals surface area contributed by atoms with E-state index < -0.39 is 0 Å². The highest BCUT2D eigenvalue weighted by Crippen LogP contribution is 2.45. The maximum Gasteiger partial charge on any atom is 0.330 e. The summed E-state index contributed by atoms with van der Waals surface area (Å²) in [5, 5.41) is 0. The van der Waals surface area contributed by atoms with Gasteiger partial charge in [-0.15, -0.1) is 0 Å². The lowest BCUT2D eigenvalue weighted by Crippen LogP contribution is -2.47. The maximum absolute atomic E-state index is 11.8. The molecule has 19 heavy (non-hydrogen) atoms. The van der Waals surface area contributed by atoms with Crippen molar-refractivity contribution in [3.05, 3.63) is 12.7 Å². The van der Waals surface area contributed by atoms with Gasteiger partial charge in [0, 0.05) is 6.08 Å². The number of hydrogen-bond donors (Lipinski definition) is 0. The Kier molecular flexibility index (Phi) is 5.06. The number of hydrogen-bond acceptors (Lipinski definition) is 2. The van der Waals surface area contributed by atoms with Crippen LogP contribution in [-0.4, -0.2) is 11.6 Å². The third-order valence-electron chi connectivity index (χ3n) is 5.32. The number of esters is 1. The number of ether oxygens (including phenoxy) is 1. The molecule has 2 saturated carbocycles. The summed E-state index contributed by atoms with van der Waals surface area (Å²) in [5.41, 5.74) is -0.258. The Hall–Kier alpha value is -0.790. The van der Waals surface area contributed by atoms with E-state index in [4.69, 9.17) is 4.74 Å². The van der Waals surface area contributed by atoms with Gasteiger partial charge in [-0.25, -0.2) is 4.79 Å². The molecule has 2 aliphatic rings. The Morgan fingerprint density at radius 3 is 1.79 bits per heavy atom. The van der Waals surface area contributed by atoms with Crippen LogP contribution in [0.2, 0.25) is 0 Å². The first-order valence-electron chi connectivity index (χ1n) is 8.02.